The molecule has 0 saturated heterocycles. The van der Waals surface area contributed by atoms with Crippen molar-refractivity contribution in [1.82, 2.24) is 0 Å². The Morgan fingerprint density at radius 3 is 2.52 bits per heavy atom. The molecule has 0 fully saturated rings. The van der Waals surface area contributed by atoms with Crippen LogP contribution in [0.15, 0.2) is 72.8 Å². The molecule has 3 nitrogen and oxygen atoms in total. The second-order valence-corrected chi connectivity index (χ2v) is 6.63. The van der Waals surface area contributed by atoms with Crippen molar-refractivity contribution in [1.29, 1.82) is 0 Å². The minimum Gasteiger partial charge on any atom is -0.488 e. The molecule has 3 aromatic carbocycles. The van der Waals surface area contributed by atoms with E-state index in [1.54, 1.807) is 48.5 Å². The Hall–Kier alpha value is -3.04. The van der Waals surface area contributed by atoms with Gasteiger partial charge in [-0.05, 0) is 42.3 Å². The van der Waals surface area contributed by atoms with Crippen LogP contribution in [0.25, 0.3) is 11.6 Å². The average molecular weight is 379 g/mol. The van der Waals surface area contributed by atoms with Crippen LogP contribution in [0, 0.1) is 6.92 Å². The molecular weight excluding hydrogens is 360 g/mol. The predicted molar refractivity (Wildman–Crippen MR) is 109 cm³/mol. The number of halogens is 1. The lowest BCUT2D eigenvalue weighted by Crippen LogP contribution is -2.01. The number of carboxylic acid groups (broad SMARTS) is 1. The Morgan fingerprint density at radius 2 is 1.81 bits per heavy atom. The van der Waals surface area contributed by atoms with Gasteiger partial charge in [0.2, 0.25) is 0 Å². The van der Waals surface area contributed by atoms with E-state index in [-0.39, 0.29) is 5.57 Å². The zero-order valence-corrected chi connectivity index (χ0v) is 15.6. The van der Waals surface area contributed by atoms with Crippen LogP contribution in [0.1, 0.15) is 22.3 Å². The number of carboxylic acids is 1. The lowest BCUT2D eigenvalue weighted by Gasteiger charge is -2.11. The molecule has 0 aliphatic heterocycles. The SMILES string of the molecule is Cc1cccc(COc2ccc(Cl)cc2/C=C(\C(=O)O)c2ccccc2)c1. The molecule has 0 amide bonds. The largest absolute Gasteiger partial charge is 0.488 e. The highest BCUT2D eigenvalue weighted by molar-refractivity contribution is 6.31. The third-order valence-corrected chi connectivity index (χ3v) is 4.30. The van der Waals surface area contributed by atoms with Crippen LogP contribution in [0.4, 0.5) is 0 Å². The van der Waals surface area contributed by atoms with E-state index in [2.05, 4.69) is 6.07 Å². The number of hydrogen-bond donors (Lipinski definition) is 1. The summed E-state index contributed by atoms with van der Waals surface area (Å²) >= 11 is 6.13. The van der Waals surface area contributed by atoms with Gasteiger partial charge < -0.3 is 9.84 Å². The number of aryl methyl sites for hydroxylation is 1. The van der Waals surface area contributed by atoms with Crippen LogP contribution in [-0.4, -0.2) is 11.1 Å². The molecule has 0 unspecified atom stereocenters. The number of rotatable bonds is 6. The van der Waals surface area contributed by atoms with Gasteiger partial charge in [-0.2, -0.15) is 0 Å². The number of carbonyl (C=O) groups is 1. The van der Waals surface area contributed by atoms with Crippen molar-refractivity contribution in [3.63, 3.8) is 0 Å². The van der Waals surface area contributed by atoms with E-state index in [0.717, 1.165) is 11.1 Å². The molecule has 0 heterocycles. The standard InChI is InChI=1S/C23H19ClO3/c1-16-6-5-7-17(12-16)15-27-22-11-10-20(24)13-19(22)14-21(23(25)26)18-8-3-2-4-9-18/h2-14H,15H2,1H3,(H,25,26)/b21-14-. The molecule has 0 aliphatic carbocycles. The van der Waals surface area contributed by atoms with Gasteiger partial charge in [0.15, 0.2) is 0 Å². The lowest BCUT2D eigenvalue weighted by molar-refractivity contribution is -0.130. The van der Waals surface area contributed by atoms with E-state index >= 15 is 0 Å². The maximum absolute atomic E-state index is 11.8. The molecule has 27 heavy (non-hydrogen) atoms. The van der Waals surface area contributed by atoms with E-state index in [4.69, 9.17) is 16.3 Å². The molecule has 1 N–H and O–H groups in total. The average Bonchev–Trinajstić information content (AvgIpc) is 2.66. The van der Waals surface area contributed by atoms with E-state index < -0.39 is 5.97 Å². The highest BCUT2D eigenvalue weighted by Gasteiger charge is 2.12. The van der Waals surface area contributed by atoms with Crippen LogP contribution < -0.4 is 4.74 Å². The minimum atomic E-state index is -1.01. The van der Waals surface area contributed by atoms with Gasteiger partial charge in [0.25, 0.3) is 0 Å². The summed E-state index contributed by atoms with van der Waals surface area (Å²) in [6.45, 7) is 2.41. The number of hydrogen-bond acceptors (Lipinski definition) is 2. The molecular formula is C23H19ClO3. The maximum atomic E-state index is 11.8. The first-order chi connectivity index (χ1) is 13.0. The second kappa shape index (κ2) is 8.56. The highest BCUT2D eigenvalue weighted by Crippen LogP contribution is 2.28. The third-order valence-electron chi connectivity index (χ3n) is 4.06. The van der Waals surface area contributed by atoms with Gasteiger partial charge in [0.1, 0.15) is 12.4 Å². The van der Waals surface area contributed by atoms with Crippen LogP contribution in [0.5, 0.6) is 5.75 Å². The first-order valence-corrected chi connectivity index (χ1v) is 8.89. The lowest BCUT2D eigenvalue weighted by atomic mass is 10.0. The van der Waals surface area contributed by atoms with Crippen molar-refractivity contribution in [3.05, 3.63) is 100 Å². The number of ether oxygens (including phenoxy) is 1. The first kappa shape index (κ1) is 18.7. The minimum absolute atomic E-state index is 0.179. The Bertz CT molecular complexity index is 978. The molecule has 3 rings (SSSR count). The fourth-order valence-electron chi connectivity index (χ4n) is 2.77. The Balaban J connectivity index is 1.94. The summed E-state index contributed by atoms with van der Waals surface area (Å²) in [5.41, 5.74) is 3.62. The monoisotopic (exact) mass is 378 g/mol. The second-order valence-electron chi connectivity index (χ2n) is 6.19. The zero-order valence-electron chi connectivity index (χ0n) is 14.9. The molecule has 0 spiro atoms. The normalized spacial score (nSPS) is 11.3. The zero-order chi connectivity index (χ0) is 19.2. The molecule has 136 valence electrons. The molecule has 3 aromatic rings. The van der Waals surface area contributed by atoms with E-state index in [0.29, 0.717) is 28.5 Å². The summed E-state index contributed by atoms with van der Waals surface area (Å²) in [5.74, 6) is -0.429. The number of benzene rings is 3. The van der Waals surface area contributed by atoms with Crippen LogP contribution >= 0.6 is 11.6 Å². The molecule has 0 atom stereocenters. The molecule has 0 saturated carbocycles. The smallest absolute Gasteiger partial charge is 0.336 e. The quantitative estimate of drug-likeness (QED) is 0.432. The molecule has 0 bridgehead atoms. The molecule has 0 aliphatic rings. The summed E-state index contributed by atoms with van der Waals surface area (Å²) in [6.07, 6.45) is 1.59. The van der Waals surface area contributed by atoms with Crippen molar-refractivity contribution >= 4 is 29.2 Å². The summed E-state index contributed by atoms with van der Waals surface area (Å²) in [7, 11) is 0. The van der Waals surface area contributed by atoms with Gasteiger partial charge in [-0.1, -0.05) is 71.8 Å². The fourth-order valence-corrected chi connectivity index (χ4v) is 2.95. The van der Waals surface area contributed by atoms with Crippen molar-refractivity contribution in [2.45, 2.75) is 13.5 Å². The molecule has 4 heteroatoms. The Kier molecular flexibility index (Phi) is 5.94. The van der Waals surface area contributed by atoms with Crippen molar-refractivity contribution in [3.8, 4) is 5.75 Å². The summed E-state index contributed by atoms with van der Waals surface area (Å²) in [4.78, 5) is 11.8. The summed E-state index contributed by atoms with van der Waals surface area (Å²) < 4.78 is 5.95. The van der Waals surface area contributed by atoms with Crippen molar-refractivity contribution in [2.75, 3.05) is 0 Å². The van der Waals surface area contributed by atoms with Gasteiger partial charge in [0.05, 0.1) is 5.57 Å². The van der Waals surface area contributed by atoms with Gasteiger partial charge >= 0.3 is 5.97 Å². The first-order valence-electron chi connectivity index (χ1n) is 8.51. The van der Waals surface area contributed by atoms with Crippen LogP contribution in [0.2, 0.25) is 5.02 Å². The predicted octanol–water partition coefficient (Wildman–Crippen LogP) is 5.85. The van der Waals surface area contributed by atoms with Gasteiger partial charge in [-0.3, -0.25) is 0 Å². The van der Waals surface area contributed by atoms with E-state index in [9.17, 15) is 9.90 Å². The molecule has 0 aromatic heterocycles. The van der Waals surface area contributed by atoms with E-state index in [1.165, 1.54) is 0 Å². The van der Waals surface area contributed by atoms with Crippen LogP contribution in [-0.2, 0) is 11.4 Å². The summed E-state index contributed by atoms with van der Waals surface area (Å²) in [6, 6.07) is 22.2. The number of aliphatic carboxylic acids is 1. The maximum Gasteiger partial charge on any atom is 0.336 e. The Morgan fingerprint density at radius 1 is 1.04 bits per heavy atom. The van der Waals surface area contributed by atoms with Gasteiger partial charge in [0, 0.05) is 10.6 Å². The summed E-state index contributed by atoms with van der Waals surface area (Å²) in [5, 5.41) is 10.2. The Labute approximate surface area is 163 Å². The fraction of sp³-hybridized carbons (Fsp3) is 0.0870. The third kappa shape index (κ3) is 4.99. The highest BCUT2D eigenvalue weighted by atomic mass is 35.5. The molecule has 0 radical (unpaired) electrons. The topological polar surface area (TPSA) is 46.5 Å². The van der Waals surface area contributed by atoms with E-state index in [1.807, 2.05) is 31.2 Å². The van der Waals surface area contributed by atoms with Gasteiger partial charge in [-0.25, -0.2) is 4.79 Å². The van der Waals surface area contributed by atoms with Crippen molar-refractivity contribution in [2.24, 2.45) is 0 Å². The van der Waals surface area contributed by atoms with Gasteiger partial charge in [-0.15, -0.1) is 0 Å². The van der Waals surface area contributed by atoms with Crippen LogP contribution in [0.3, 0.4) is 0 Å². The van der Waals surface area contributed by atoms with Crippen molar-refractivity contribution < 1.29 is 14.6 Å².